The zero-order valence-electron chi connectivity index (χ0n) is 9.39. The lowest BCUT2D eigenvalue weighted by atomic mass is 9.87. The van der Waals surface area contributed by atoms with Crippen LogP contribution in [0.1, 0.15) is 6.92 Å². The van der Waals surface area contributed by atoms with Crippen LogP contribution in [0.25, 0.3) is 0 Å². The van der Waals surface area contributed by atoms with Crippen molar-refractivity contribution in [1.82, 2.24) is 0 Å². The Morgan fingerprint density at radius 2 is 2.25 bits per heavy atom. The van der Waals surface area contributed by atoms with Crippen molar-refractivity contribution < 1.29 is 19.1 Å². The molecule has 5 heteroatoms. The zero-order valence-corrected chi connectivity index (χ0v) is 9.39. The van der Waals surface area contributed by atoms with Gasteiger partial charge in [0.1, 0.15) is 11.5 Å². The Balaban J connectivity index is 3.25. The van der Waals surface area contributed by atoms with Crippen LogP contribution in [0.4, 0.5) is 0 Å². The van der Waals surface area contributed by atoms with Crippen LogP contribution in [0.3, 0.4) is 0 Å². The van der Waals surface area contributed by atoms with Gasteiger partial charge in [-0.05, 0) is 13.0 Å². The van der Waals surface area contributed by atoms with Gasteiger partial charge >= 0.3 is 0 Å². The summed E-state index contributed by atoms with van der Waals surface area (Å²) in [6, 6.07) is 0. The van der Waals surface area contributed by atoms with Crippen molar-refractivity contribution in [1.29, 1.82) is 0 Å². The monoisotopic (exact) mass is 223 g/mol. The fourth-order valence-electron chi connectivity index (χ4n) is 1.63. The molecule has 0 fully saturated rings. The van der Waals surface area contributed by atoms with Gasteiger partial charge in [-0.2, -0.15) is 4.99 Å². The molecule has 0 saturated carbocycles. The van der Waals surface area contributed by atoms with Gasteiger partial charge in [0.05, 0.1) is 13.0 Å². The van der Waals surface area contributed by atoms with Crippen LogP contribution in [-0.2, 0) is 19.1 Å². The van der Waals surface area contributed by atoms with E-state index in [1.807, 2.05) is 0 Å². The molecule has 0 bridgehead atoms. The van der Waals surface area contributed by atoms with Crippen LogP contribution in [-0.4, -0.2) is 31.8 Å². The van der Waals surface area contributed by atoms with E-state index in [0.29, 0.717) is 5.76 Å². The second kappa shape index (κ2) is 4.88. The fourth-order valence-corrected chi connectivity index (χ4v) is 1.63. The Bertz CT molecular complexity index is 393. The number of hydrogen-bond donors (Lipinski definition) is 0. The Labute approximate surface area is 93.4 Å². The number of rotatable bonds is 4. The number of carbonyl (C=O) groups is 1. The van der Waals surface area contributed by atoms with Gasteiger partial charge in [0, 0.05) is 13.2 Å². The van der Waals surface area contributed by atoms with Gasteiger partial charge in [-0.25, -0.2) is 4.79 Å². The molecule has 16 heavy (non-hydrogen) atoms. The van der Waals surface area contributed by atoms with E-state index in [1.54, 1.807) is 12.2 Å². The van der Waals surface area contributed by atoms with Crippen LogP contribution in [0.5, 0.6) is 0 Å². The number of hydrogen-bond acceptors (Lipinski definition) is 5. The van der Waals surface area contributed by atoms with Crippen LogP contribution >= 0.6 is 0 Å². The molecule has 0 saturated heterocycles. The van der Waals surface area contributed by atoms with E-state index in [-0.39, 0.29) is 5.78 Å². The van der Waals surface area contributed by atoms with Gasteiger partial charge < -0.3 is 9.47 Å². The first-order valence-corrected chi connectivity index (χ1v) is 4.69. The molecule has 1 aliphatic carbocycles. The van der Waals surface area contributed by atoms with Crippen LogP contribution in [0.15, 0.2) is 29.0 Å². The first-order valence-electron chi connectivity index (χ1n) is 4.69. The van der Waals surface area contributed by atoms with Crippen molar-refractivity contribution in [3.8, 4) is 0 Å². The van der Waals surface area contributed by atoms with Crippen molar-refractivity contribution in [2.45, 2.75) is 12.6 Å². The summed E-state index contributed by atoms with van der Waals surface area (Å²) < 4.78 is 10.2. The summed E-state index contributed by atoms with van der Waals surface area (Å²) >= 11 is 0. The van der Waals surface area contributed by atoms with E-state index < -0.39 is 11.6 Å². The molecule has 0 N–H and O–H groups in total. The molecule has 86 valence electrons. The lowest BCUT2D eigenvalue weighted by Crippen LogP contribution is -2.40. The molecular formula is C11H13NO4. The van der Waals surface area contributed by atoms with E-state index >= 15 is 0 Å². The van der Waals surface area contributed by atoms with Crippen molar-refractivity contribution in [3.05, 3.63) is 24.0 Å². The van der Waals surface area contributed by atoms with Gasteiger partial charge in [0.25, 0.3) is 0 Å². The molecular weight excluding hydrogens is 210 g/mol. The van der Waals surface area contributed by atoms with Gasteiger partial charge in [0.15, 0.2) is 0 Å². The highest BCUT2D eigenvalue weighted by Gasteiger charge is 2.41. The highest BCUT2D eigenvalue weighted by atomic mass is 16.5. The van der Waals surface area contributed by atoms with E-state index in [2.05, 4.69) is 4.99 Å². The molecule has 0 radical (unpaired) electrons. The van der Waals surface area contributed by atoms with Gasteiger partial charge in [-0.15, -0.1) is 0 Å². The van der Waals surface area contributed by atoms with E-state index in [0.717, 1.165) is 0 Å². The smallest absolute Gasteiger partial charge is 0.238 e. The molecule has 0 amide bonds. The summed E-state index contributed by atoms with van der Waals surface area (Å²) in [6.45, 7) is 1.41. The second-order valence-corrected chi connectivity index (χ2v) is 3.36. The maximum absolute atomic E-state index is 11.5. The molecule has 2 unspecified atom stereocenters. The largest absolute Gasteiger partial charge is 0.497 e. The number of isocyanates is 1. The average Bonchev–Trinajstić information content (AvgIpc) is 2.28. The maximum Gasteiger partial charge on any atom is 0.238 e. The van der Waals surface area contributed by atoms with Crippen molar-refractivity contribution in [3.63, 3.8) is 0 Å². The first kappa shape index (κ1) is 12.4. The van der Waals surface area contributed by atoms with Crippen LogP contribution < -0.4 is 0 Å². The molecule has 0 heterocycles. The molecule has 0 aromatic heterocycles. The molecule has 0 aromatic carbocycles. The average molecular weight is 223 g/mol. The third kappa shape index (κ3) is 2.10. The number of allylic oxidation sites excluding steroid dienone is 1. The SMILES string of the molecule is COC1=CC(N=C=O)(OC)C(C(C)=O)C=C1. The Hall–Kier alpha value is -1.71. The zero-order chi connectivity index (χ0) is 12.2. The van der Waals surface area contributed by atoms with Crippen molar-refractivity contribution in [2.24, 2.45) is 10.9 Å². The molecule has 5 nitrogen and oxygen atoms in total. The third-order valence-electron chi connectivity index (χ3n) is 2.47. The minimum atomic E-state index is -1.34. The summed E-state index contributed by atoms with van der Waals surface area (Å²) in [7, 11) is 2.86. The first-order chi connectivity index (χ1) is 7.59. The third-order valence-corrected chi connectivity index (χ3v) is 2.47. The Morgan fingerprint density at radius 3 is 2.69 bits per heavy atom. The Kier molecular flexibility index (Phi) is 3.77. The highest BCUT2D eigenvalue weighted by Crippen LogP contribution is 2.32. The molecule has 1 rings (SSSR count). The molecule has 2 atom stereocenters. The van der Waals surface area contributed by atoms with Gasteiger partial charge in [0.2, 0.25) is 11.8 Å². The number of aliphatic imine (C=N–C) groups is 1. The molecule has 1 aliphatic rings. The van der Waals surface area contributed by atoms with Crippen molar-refractivity contribution >= 4 is 11.9 Å². The van der Waals surface area contributed by atoms with Crippen molar-refractivity contribution in [2.75, 3.05) is 14.2 Å². The lowest BCUT2D eigenvalue weighted by molar-refractivity contribution is -0.126. The van der Waals surface area contributed by atoms with Crippen LogP contribution in [0.2, 0.25) is 0 Å². The maximum atomic E-state index is 11.5. The summed E-state index contributed by atoms with van der Waals surface area (Å²) in [5.41, 5.74) is -1.34. The van der Waals surface area contributed by atoms with E-state index in [9.17, 15) is 9.59 Å². The number of nitrogens with zero attached hydrogens (tertiary/aromatic N) is 1. The van der Waals surface area contributed by atoms with Crippen LogP contribution in [0, 0.1) is 5.92 Å². The number of ether oxygens (including phenoxy) is 2. The molecule has 0 spiro atoms. The summed E-state index contributed by atoms with van der Waals surface area (Å²) in [4.78, 5) is 25.5. The number of carbonyl (C=O) groups excluding carboxylic acids is 2. The molecule has 0 aliphatic heterocycles. The summed E-state index contributed by atoms with van der Waals surface area (Å²) in [6.07, 6.45) is 6.16. The minimum Gasteiger partial charge on any atom is -0.497 e. The minimum absolute atomic E-state index is 0.150. The number of Topliss-reactive ketones (excluding diaryl/α,β-unsaturated/α-hetero) is 1. The fraction of sp³-hybridized carbons (Fsp3) is 0.455. The quantitative estimate of drug-likeness (QED) is 0.526. The highest BCUT2D eigenvalue weighted by molar-refractivity contribution is 5.82. The predicted octanol–water partition coefficient (Wildman–Crippen LogP) is 0.970. The summed E-state index contributed by atoms with van der Waals surface area (Å²) in [5.74, 6) is -0.306. The summed E-state index contributed by atoms with van der Waals surface area (Å²) in [5, 5.41) is 0. The normalized spacial score (nSPS) is 27.9. The number of methoxy groups -OCH3 is 2. The Morgan fingerprint density at radius 1 is 1.56 bits per heavy atom. The van der Waals surface area contributed by atoms with Gasteiger partial charge in [-0.1, -0.05) is 6.08 Å². The topological polar surface area (TPSA) is 65.0 Å². The lowest BCUT2D eigenvalue weighted by Gasteiger charge is -2.31. The second-order valence-electron chi connectivity index (χ2n) is 3.36. The van der Waals surface area contributed by atoms with E-state index in [4.69, 9.17) is 9.47 Å². The number of ketones is 1. The molecule has 0 aromatic rings. The van der Waals surface area contributed by atoms with E-state index in [1.165, 1.54) is 33.3 Å². The van der Waals surface area contributed by atoms with Gasteiger partial charge in [-0.3, -0.25) is 4.79 Å². The predicted molar refractivity (Wildman–Crippen MR) is 56.3 cm³/mol. The standard InChI is InChI=1S/C11H13NO4/c1-8(14)10-5-4-9(15-2)6-11(10,16-3)12-7-13/h4-6,10H,1-3H3.